The summed E-state index contributed by atoms with van der Waals surface area (Å²) in [4.78, 5) is 48.6. The van der Waals surface area contributed by atoms with E-state index in [2.05, 4.69) is 9.97 Å². The van der Waals surface area contributed by atoms with Gasteiger partial charge in [-0.2, -0.15) is 0 Å². The van der Waals surface area contributed by atoms with Gasteiger partial charge in [0.25, 0.3) is 5.91 Å². The molecule has 0 aromatic carbocycles. The molecular formula is C27H36N4O7. The molecule has 0 radical (unpaired) electrons. The minimum Gasteiger partial charge on any atom is -0.489 e. The molecule has 2 aliphatic rings. The first kappa shape index (κ1) is 27.4. The molecule has 11 heteroatoms. The normalized spacial score (nSPS) is 18.2. The topological polar surface area (TPSA) is 123 Å². The van der Waals surface area contributed by atoms with Crippen LogP contribution in [-0.4, -0.2) is 88.0 Å². The number of amides is 3. The van der Waals surface area contributed by atoms with Gasteiger partial charge in [-0.25, -0.2) is 14.5 Å². The maximum atomic E-state index is 13.1. The van der Waals surface area contributed by atoms with Crippen LogP contribution < -0.4 is 4.74 Å². The van der Waals surface area contributed by atoms with E-state index in [1.165, 1.54) is 0 Å². The predicted molar refractivity (Wildman–Crippen MR) is 138 cm³/mol. The van der Waals surface area contributed by atoms with Crippen LogP contribution >= 0.6 is 0 Å². The molecule has 206 valence electrons. The van der Waals surface area contributed by atoms with Crippen LogP contribution in [0.1, 0.15) is 57.6 Å². The number of hydrogen-bond acceptors (Lipinski definition) is 8. The summed E-state index contributed by atoms with van der Waals surface area (Å²) in [6.07, 6.45) is 2.63. The van der Waals surface area contributed by atoms with Crippen molar-refractivity contribution in [2.24, 2.45) is 0 Å². The molecule has 4 rings (SSSR count). The molecule has 0 aliphatic carbocycles. The molecule has 11 nitrogen and oxygen atoms in total. The van der Waals surface area contributed by atoms with E-state index in [1.54, 1.807) is 50.2 Å². The number of morpholine rings is 1. The van der Waals surface area contributed by atoms with Gasteiger partial charge in [0, 0.05) is 37.0 Å². The van der Waals surface area contributed by atoms with Crippen molar-refractivity contribution in [2.45, 2.75) is 65.2 Å². The molecule has 1 fully saturated rings. The lowest BCUT2D eigenvalue weighted by atomic mass is 10.1. The van der Waals surface area contributed by atoms with Crippen molar-refractivity contribution in [1.82, 2.24) is 19.8 Å². The molecule has 2 aromatic heterocycles. The molecule has 4 heterocycles. The first-order valence-electron chi connectivity index (χ1n) is 12.7. The number of rotatable bonds is 4. The molecule has 0 saturated carbocycles. The molecule has 0 unspecified atom stereocenters. The zero-order valence-corrected chi connectivity index (χ0v) is 22.8. The van der Waals surface area contributed by atoms with Gasteiger partial charge in [-0.3, -0.25) is 14.7 Å². The van der Waals surface area contributed by atoms with E-state index in [-0.39, 0.29) is 19.2 Å². The number of carbonyl (C=O) groups excluding carboxylic acids is 3. The molecule has 0 spiro atoms. The Labute approximate surface area is 222 Å². The standard InChI is InChI=1S/C27H36N4O7/c1-26(2,3)37-24(33)30-11-12-35-15-17(30)16-36-22-14-28-9-7-18(22)21-13-19-20(29-21)8-10-31(23(19)32)25(34)38-27(4,5)6/h7,9,13-14,17,29H,8,10-12,15-16H2,1-6H3/t17-/m1/s1. The summed E-state index contributed by atoms with van der Waals surface area (Å²) >= 11 is 0. The number of aromatic amines is 1. The lowest BCUT2D eigenvalue weighted by Crippen LogP contribution is -2.52. The summed E-state index contributed by atoms with van der Waals surface area (Å²) in [5, 5.41) is 0. The first-order valence-corrected chi connectivity index (χ1v) is 12.7. The quantitative estimate of drug-likeness (QED) is 0.631. The lowest BCUT2D eigenvalue weighted by molar-refractivity contribution is -0.0418. The van der Waals surface area contributed by atoms with Crippen LogP contribution in [0.4, 0.5) is 9.59 Å². The monoisotopic (exact) mass is 528 g/mol. The fourth-order valence-electron chi connectivity index (χ4n) is 4.25. The van der Waals surface area contributed by atoms with E-state index in [1.807, 2.05) is 20.8 Å². The van der Waals surface area contributed by atoms with E-state index >= 15 is 0 Å². The molecule has 1 atom stereocenters. The summed E-state index contributed by atoms with van der Waals surface area (Å²) in [6.45, 7) is 12.3. The van der Waals surface area contributed by atoms with Gasteiger partial charge >= 0.3 is 12.2 Å². The number of carbonyl (C=O) groups is 3. The Balaban J connectivity index is 1.50. The van der Waals surface area contributed by atoms with Gasteiger partial charge in [0.2, 0.25) is 0 Å². The van der Waals surface area contributed by atoms with E-state index in [9.17, 15) is 14.4 Å². The van der Waals surface area contributed by atoms with E-state index in [0.29, 0.717) is 48.7 Å². The van der Waals surface area contributed by atoms with Crippen molar-refractivity contribution in [3.63, 3.8) is 0 Å². The highest BCUT2D eigenvalue weighted by Gasteiger charge is 2.35. The zero-order valence-electron chi connectivity index (χ0n) is 22.8. The number of nitrogens with one attached hydrogen (secondary N) is 1. The second-order valence-electron chi connectivity index (χ2n) is 11.3. The maximum Gasteiger partial charge on any atom is 0.417 e. The first-order chi connectivity index (χ1) is 17.8. The van der Waals surface area contributed by atoms with Crippen LogP contribution in [0.5, 0.6) is 5.75 Å². The third kappa shape index (κ3) is 6.45. The molecular weight excluding hydrogens is 492 g/mol. The van der Waals surface area contributed by atoms with Gasteiger partial charge in [0.15, 0.2) is 0 Å². The Morgan fingerprint density at radius 1 is 1.08 bits per heavy atom. The van der Waals surface area contributed by atoms with Gasteiger partial charge < -0.3 is 23.9 Å². The van der Waals surface area contributed by atoms with Crippen molar-refractivity contribution in [1.29, 1.82) is 0 Å². The molecule has 1 saturated heterocycles. The Bertz CT molecular complexity index is 1190. The van der Waals surface area contributed by atoms with Gasteiger partial charge in [-0.15, -0.1) is 0 Å². The van der Waals surface area contributed by atoms with Crippen molar-refractivity contribution in [3.05, 3.63) is 35.8 Å². The van der Waals surface area contributed by atoms with E-state index in [0.717, 1.165) is 10.6 Å². The maximum absolute atomic E-state index is 13.1. The van der Waals surface area contributed by atoms with Crippen LogP contribution in [0, 0.1) is 0 Å². The van der Waals surface area contributed by atoms with Crippen LogP contribution in [-0.2, 0) is 20.6 Å². The Kier molecular flexibility index (Phi) is 7.68. The average Bonchev–Trinajstić information content (AvgIpc) is 3.26. The number of aromatic nitrogens is 2. The molecule has 3 amide bonds. The van der Waals surface area contributed by atoms with Gasteiger partial charge in [-0.1, -0.05) is 0 Å². The zero-order chi connectivity index (χ0) is 27.7. The molecule has 1 N–H and O–H groups in total. The Morgan fingerprint density at radius 2 is 1.79 bits per heavy atom. The number of imide groups is 1. The van der Waals surface area contributed by atoms with Gasteiger partial charge in [0.1, 0.15) is 23.6 Å². The Morgan fingerprint density at radius 3 is 2.50 bits per heavy atom. The van der Waals surface area contributed by atoms with Crippen LogP contribution in [0.2, 0.25) is 0 Å². The van der Waals surface area contributed by atoms with Crippen molar-refractivity contribution >= 4 is 18.1 Å². The third-order valence-corrected chi connectivity index (χ3v) is 5.94. The van der Waals surface area contributed by atoms with Crippen molar-refractivity contribution < 1.29 is 33.3 Å². The number of H-pyrrole nitrogens is 1. The summed E-state index contributed by atoms with van der Waals surface area (Å²) in [5.74, 6) is 0.0733. The third-order valence-electron chi connectivity index (χ3n) is 5.94. The largest absolute Gasteiger partial charge is 0.489 e. The smallest absolute Gasteiger partial charge is 0.417 e. The molecule has 2 aromatic rings. The second-order valence-corrected chi connectivity index (χ2v) is 11.3. The van der Waals surface area contributed by atoms with Gasteiger partial charge in [0.05, 0.1) is 36.7 Å². The Hall–Kier alpha value is -3.60. The van der Waals surface area contributed by atoms with Crippen LogP contribution in [0.3, 0.4) is 0 Å². The molecule has 0 bridgehead atoms. The fourth-order valence-corrected chi connectivity index (χ4v) is 4.25. The highest BCUT2D eigenvalue weighted by Crippen LogP contribution is 2.32. The SMILES string of the molecule is CC(C)(C)OC(=O)N1CCc2[nH]c(-c3ccncc3OC[C@H]3COCCN3C(=O)OC(C)(C)C)cc2C1=O. The van der Waals surface area contributed by atoms with E-state index < -0.39 is 29.3 Å². The second kappa shape index (κ2) is 10.6. The minimum atomic E-state index is -0.702. The highest BCUT2D eigenvalue weighted by atomic mass is 16.6. The summed E-state index contributed by atoms with van der Waals surface area (Å²) < 4.78 is 22.7. The van der Waals surface area contributed by atoms with Gasteiger partial charge in [-0.05, 0) is 53.7 Å². The average molecular weight is 529 g/mol. The number of nitrogens with zero attached hydrogens (tertiary/aromatic N) is 3. The van der Waals surface area contributed by atoms with E-state index in [4.69, 9.17) is 18.9 Å². The van der Waals surface area contributed by atoms with Crippen LogP contribution in [0.15, 0.2) is 24.5 Å². The lowest BCUT2D eigenvalue weighted by Gasteiger charge is -2.36. The fraction of sp³-hybridized carbons (Fsp3) is 0.556. The predicted octanol–water partition coefficient (Wildman–Crippen LogP) is 4.02. The number of fused-ring (bicyclic) bond motifs is 1. The summed E-state index contributed by atoms with van der Waals surface area (Å²) in [6, 6.07) is 3.16. The molecule has 38 heavy (non-hydrogen) atoms. The minimum absolute atomic E-state index is 0.170. The van der Waals surface area contributed by atoms with Crippen LogP contribution in [0.25, 0.3) is 11.3 Å². The number of ether oxygens (including phenoxy) is 4. The number of pyridine rings is 1. The highest BCUT2D eigenvalue weighted by molar-refractivity contribution is 6.05. The summed E-state index contributed by atoms with van der Waals surface area (Å²) in [7, 11) is 0. The van der Waals surface area contributed by atoms with Crippen molar-refractivity contribution in [2.75, 3.05) is 32.9 Å². The van der Waals surface area contributed by atoms with Crippen molar-refractivity contribution in [3.8, 4) is 17.0 Å². The summed E-state index contributed by atoms with van der Waals surface area (Å²) in [5.41, 5.74) is 1.20. The molecule has 2 aliphatic heterocycles. The number of hydrogen-bond donors (Lipinski definition) is 1.